The van der Waals surface area contributed by atoms with E-state index in [2.05, 4.69) is 27.7 Å². The maximum Gasteiger partial charge on any atom is 0.133 e. The zero-order valence-corrected chi connectivity index (χ0v) is 16.4. The van der Waals surface area contributed by atoms with E-state index in [-0.39, 0.29) is 0 Å². The van der Waals surface area contributed by atoms with E-state index in [9.17, 15) is 4.79 Å². The first-order valence-corrected chi connectivity index (χ1v) is 10.8. The fraction of sp³-hybridized carbons (Fsp3) is 0.957. The first-order chi connectivity index (χ1) is 11.3. The van der Waals surface area contributed by atoms with Crippen molar-refractivity contribution >= 4 is 5.78 Å². The summed E-state index contributed by atoms with van der Waals surface area (Å²) in [6.07, 6.45) is 12.8. The van der Waals surface area contributed by atoms with Gasteiger partial charge >= 0.3 is 0 Å². The van der Waals surface area contributed by atoms with Crippen LogP contribution in [0.2, 0.25) is 0 Å². The van der Waals surface area contributed by atoms with Crippen molar-refractivity contribution in [2.24, 2.45) is 46.3 Å². The molecule has 6 atom stereocenters. The summed E-state index contributed by atoms with van der Waals surface area (Å²) >= 11 is 0. The molecule has 1 nitrogen and oxygen atoms in total. The van der Waals surface area contributed by atoms with Crippen LogP contribution in [0.15, 0.2) is 0 Å². The molecular weight excluding hydrogens is 292 g/mol. The maximum atomic E-state index is 12.7. The van der Waals surface area contributed by atoms with Crippen molar-refractivity contribution in [3.8, 4) is 0 Å². The summed E-state index contributed by atoms with van der Waals surface area (Å²) < 4.78 is 0. The largest absolute Gasteiger partial charge is 0.300 e. The second-order valence-corrected chi connectivity index (χ2v) is 11.0. The predicted molar refractivity (Wildman–Crippen MR) is 99.7 cm³/mol. The fourth-order valence-corrected chi connectivity index (χ4v) is 7.84. The monoisotopic (exact) mass is 330 g/mol. The smallest absolute Gasteiger partial charge is 0.133 e. The summed E-state index contributed by atoms with van der Waals surface area (Å²) in [5, 5.41) is 0. The standard InChI is InChI=1S/C23H38O/c1-22(2)17-10-8-15(12-17)20(22)7-5-6-19(24)14-21-16-9-11-18(13-16)23(21,3)4/h15-18,20-21H,5-14H2,1-4H3. The molecule has 0 aromatic heterocycles. The van der Waals surface area contributed by atoms with Crippen LogP contribution in [0.1, 0.15) is 91.9 Å². The van der Waals surface area contributed by atoms with E-state index in [0.29, 0.717) is 22.5 Å². The lowest BCUT2D eigenvalue weighted by atomic mass is 9.66. The highest BCUT2D eigenvalue weighted by molar-refractivity contribution is 5.78. The Bertz CT molecular complexity index is 502. The quantitative estimate of drug-likeness (QED) is 0.561. The molecule has 0 radical (unpaired) electrons. The Morgan fingerprint density at radius 1 is 0.833 bits per heavy atom. The Balaban J connectivity index is 1.26. The third kappa shape index (κ3) is 2.60. The molecule has 0 aromatic rings. The third-order valence-electron chi connectivity index (χ3n) is 9.52. The highest BCUT2D eigenvalue weighted by Crippen LogP contribution is 2.61. The van der Waals surface area contributed by atoms with Gasteiger partial charge in [0.2, 0.25) is 0 Å². The lowest BCUT2D eigenvalue weighted by molar-refractivity contribution is -0.121. The second kappa shape index (κ2) is 5.85. The van der Waals surface area contributed by atoms with E-state index in [4.69, 9.17) is 0 Å². The van der Waals surface area contributed by atoms with E-state index in [1.54, 1.807) is 0 Å². The van der Waals surface area contributed by atoms with Gasteiger partial charge in [-0.25, -0.2) is 0 Å². The highest BCUT2D eigenvalue weighted by Gasteiger charge is 2.53. The summed E-state index contributed by atoms with van der Waals surface area (Å²) in [7, 11) is 0. The lowest BCUT2D eigenvalue weighted by Gasteiger charge is -2.39. The molecule has 0 spiro atoms. The van der Waals surface area contributed by atoms with Crippen LogP contribution in [0.25, 0.3) is 0 Å². The molecule has 4 aliphatic rings. The Morgan fingerprint density at radius 3 is 1.88 bits per heavy atom. The van der Waals surface area contributed by atoms with Crippen molar-refractivity contribution in [2.45, 2.75) is 91.9 Å². The van der Waals surface area contributed by atoms with Crippen molar-refractivity contribution in [2.75, 3.05) is 0 Å². The Hall–Kier alpha value is -0.330. The number of carbonyl (C=O) groups excluding carboxylic acids is 1. The first kappa shape index (κ1) is 17.1. The molecule has 0 N–H and O–H groups in total. The fourth-order valence-electron chi connectivity index (χ4n) is 7.84. The van der Waals surface area contributed by atoms with Gasteiger partial charge in [0.1, 0.15) is 5.78 Å². The van der Waals surface area contributed by atoms with E-state index < -0.39 is 0 Å². The van der Waals surface area contributed by atoms with Gasteiger partial charge < -0.3 is 0 Å². The molecule has 4 aliphatic carbocycles. The predicted octanol–water partition coefficient (Wildman–Crippen LogP) is 6.26. The van der Waals surface area contributed by atoms with Gasteiger partial charge in [-0.2, -0.15) is 0 Å². The number of hydrogen-bond acceptors (Lipinski definition) is 1. The number of carbonyl (C=O) groups is 1. The van der Waals surface area contributed by atoms with Crippen LogP contribution in [0.5, 0.6) is 0 Å². The second-order valence-electron chi connectivity index (χ2n) is 11.0. The summed E-state index contributed by atoms with van der Waals surface area (Å²) in [4.78, 5) is 12.7. The third-order valence-corrected chi connectivity index (χ3v) is 9.52. The summed E-state index contributed by atoms with van der Waals surface area (Å²) in [6.45, 7) is 9.88. The molecule has 6 unspecified atom stereocenters. The van der Waals surface area contributed by atoms with E-state index in [0.717, 1.165) is 48.9 Å². The minimum Gasteiger partial charge on any atom is -0.300 e. The lowest BCUT2D eigenvalue weighted by Crippen LogP contribution is -2.32. The Labute approximate surface area is 149 Å². The van der Waals surface area contributed by atoms with Gasteiger partial charge in [-0.15, -0.1) is 0 Å². The van der Waals surface area contributed by atoms with E-state index >= 15 is 0 Å². The number of fused-ring (bicyclic) bond motifs is 4. The molecule has 4 bridgehead atoms. The van der Waals surface area contributed by atoms with Crippen molar-refractivity contribution < 1.29 is 4.79 Å². The average molecular weight is 331 g/mol. The maximum absolute atomic E-state index is 12.7. The van der Waals surface area contributed by atoms with E-state index in [1.807, 2.05) is 0 Å². The van der Waals surface area contributed by atoms with Crippen molar-refractivity contribution in [3.05, 3.63) is 0 Å². The minimum absolute atomic E-state index is 0.422. The molecule has 24 heavy (non-hydrogen) atoms. The van der Waals surface area contributed by atoms with Gasteiger partial charge in [-0.3, -0.25) is 4.79 Å². The summed E-state index contributed by atoms with van der Waals surface area (Å²) in [5.41, 5.74) is 0.962. The molecule has 136 valence electrons. The van der Waals surface area contributed by atoms with E-state index in [1.165, 1.54) is 44.9 Å². The first-order valence-electron chi connectivity index (χ1n) is 10.8. The molecule has 4 fully saturated rings. The number of rotatable bonds is 6. The van der Waals surface area contributed by atoms with Crippen molar-refractivity contribution in [3.63, 3.8) is 0 Å². The molecule has 0 heterocycles. The molecule has 0 aromatic carbocycles. The normalized spacial score (nSPS) is 44.3. The Kier molecular flexibility index (Phi) is 4.17. The van der Waals surface area contributed by atoms with Gasteiger partial charge in [-0.05, 0) is 97.7 Å². The number of Topliss-reactive ketones (excluding diaryl/α,β-unsaturated/α-hetero) is 1. The van der Waals surface area contributed by atoms with Crippen LogP contribution >= 0.6 is 0 Å². The molecule has 4 saturated carbocycles. The van der Waals surface area contributed by atoms with Gasteiger partial charge in [0, 0.05) is 12.8 Å². The van der Waals surface area contributed by atoms with Gasteiger partial charge in [0.15, 0.2) is 0 Å². The highest BCUT2D eigenvalue weighted by atomic mass is 16.1. The van der Waals surface area contributed by atoms with Crippen molar-refractivity contribution in [1.82, 2.24) is 0 Å². The zero-order chi connectivity index (χ0) is 17.1. The molecule has 1 heteroatoms. The summed E-state index contributed by atoms with van der Waals surface area (Å²) in [5.74, 6) is 5.85. The SMILES string of the molecule is CC1(C)C2CCC(C2)C1CCCC(=O)CC1C2CCC(C2)C1(C)C. The van der Waals surface area contributed by atoms with Crippen LogP contribution in [-0.4, -0.2) is 5.78 Å². The van der Waals surface area contributed by atoms with Crippen LogP contribution < -0.4 is 0 Å². The van der Waals surface area contributed by atoms with Crippen LogP contribution in [-0.2, 0) is 4.79 Å². The van der Waals surface area contributed by atoms with Crippen molar-refractivity contribution in [1.29, 1.82) is 0 Å². The molecular formula is C23H38O. The van der Waals surface area contributed by atoms with Gasteiger partial charge in [-0.1, -0.05) is 27.7 Å². The molecule has 0 amide bonds. The molecule has 4 rings (SSSR count). The van der Waals surface area contributed by atoms with Gasteiger partial charge in [0.25, 0.3) is 0 Å². The Morgan fingerprint density at radius 2 is 1.38 bits per heavy atom. The number of ketones is 1. The summed E-state index contributed by atoms with van der Waals surface area (Å²) in [6, 6.07) is 0. The molecule has 0 saturated heterocycles. The van der Waals surface area contributed by atoms with Crippen LogP contribution in [0.3, 0.4) is 0 Å². The molecule has 0 aliphatic heterocycles. The average Bonchev–Trinajstić information content (AvgIpc) is 3.23. The number of hydrogen-bond donors (Lipinski definition) is 0. The topological polar surface area (TPSA) is 17.1 Å². The van der Waals surface area contributed by atoms with Crippen LogP contribution in [0.4, 0.5) is 0 Å². The van der Waals surface area contributed by atoms with Crippen LogP contribution in [0, 0.1) is 46.3 Å². The minimum atomic E-state index is 0.422. The zero-order valence-electron chi connectivity index (χ0n) is 16.4. The van der Waals surface area contributed by atoms with Gasteiger partial charge in [0.05, 0.1) is 0 Å².